The zero-order valence-electron chi connectivity index (χ0n) is 6.84. The van der Waals surface area contributed by atoms with Crippen molar-refractivity contribution in [3.05, 3.63) is 0 Å². The summed E-state index contributed by atoms with van der Waals surface area (Å²) >= 11 is 0. The van der Waals surface area contributed by atoms with Gasteiger partial charge in [0.15, 0.2) is 0 Å². The fourth-order valence-corrected chi connectivity index (χ4v) is 1.39. The Labute approximate surface area is 66.7 Å². The number of hydrogen-bond acceptors (Lipinski definition) is 3. The summed E-state index contributed by atoms with van der Waals surface area (Å²) in [6.45, 7) is 4.64. The van der Waals surface area contributed by atoms with E-state index in [4.69, 9.17) is 5.73 Å². The number of carbonyl (C=O) groups is 1. The van der Waals surface area contributed by atoms with E-state index in [1.165, 1.54) is 0 Å². The summed E-state index contributed by atoms with van der Waals surface area (Å²) in [6, 6.07) is 0.196. The first kappa shape index (κ1) is 8.49. The van der Waals surface area contributed by atoms with E-state index in [1.54, 1.807) is 6.92 Å². The predicted molar refractivity (Wildman–Crippen MR) is 43.1 cm³/mol. The molecule has 4 nitrogen and oxygen atoms in total. The Morgan fingerprint density at radius 1 is 1.82 bits per heavy atom. The van der Waals surface area contributed by atoms with Crippen LogP contribution in [0.2, 0.25) is 0 Å². The zero-order valence-corrected chi connectivity index (χ0v) is 6.84. The normalized spacial score (nSPS) is 25.3. The van der Waals surface area contributed by atoms with Crippen molar-refractivity contribution in [2.45, 2.75) is 13.0 Å². The molecule has 1 atom stereocenters. The molecule has 1 rings (SSSR count). The molecule has 1 unspecified atom stereocenters. The van der Waals surface area contributed by atoms with Crippen LogP contribution in [-0.4, -0.2) is 43.0 Å². The molecule has 0 aromatic heterocycles. The summed E-state index contributed by atoms with van der Waals surface area (Å²) in [5, 5.41) is 3.20. The molecule has 3 N–H and O–H groups in total. The molecule has 0 aromatic rings. The molecule has 11 heavy (non-hydrogen) atoms. The number of nitrogens with one attached hydrogen (secondary N) is 1. The quantitative estimate of drug-likeness (QED) is 0.501. The molecule has 1 amide bonds. The molecule has 1 aliphatic rings. The van der Waals surface area contributed by atoms with Crippen LogP contribution in [0, 0.1) is 0 Å². The average molecular weight is 157 g/mol. The topological polar surface area (TPSA) is 58.4 Å². The second kappa shape index (κ2) is 3.69. The molecule has 0 aliphatic carbocycles. The Kier molecular flexibility index (Phi) is 2.84. The molecule has 0 radical (unpaired) electrons. The number of amides is 1. The molecule has 0 spiro atoms. The first-order valence-corrected chi connectivity index (χ1v) is 3.93. The molecule has 4 heteroatoms. The third-order valence-corrected chi connectivity index (χ3v) is 2.03. The Morgan fingerprint density at radius 3 is 3.00 bits per heavy atom. The Morgan fingerprint density at radius 2 is 2.55 bits per heavy atom. The summed E-state index contributed by atoms with van der Waals surface area (Å²) in [7, 11) is 0. The van der Waals surface area contributed by atoms with Crippen molar-refractivity contribution in [3.63, 3.8) is 0 Å². The van der Waals surface area contributed by atoms with Gasteiger partial charge in [-0.25, -0.2) is 0 Å². The van der Waals surface area contributed by atoms with Crippen LogP contribution in [0.5, 0.6) is 0 Å². The van der Waals surface area contributed by atoms with Gasteiger partial charge in [-0.1, -0.05) is 0 Å². The Hall–Kier alpha value is -0.610. The minimum absolute atomic E-state index is 0.127. The standard InChI is InChI=1S/C7H15N3O/c1-6(11)10-3-2-9-5-7(10)4-8/h7,9H,2-5,8H2,1H3. The highest BCUT2D eigenvalue weighted by Gasteiger charge is 2.22. The van der Waals surface area contributed by atoms with Crippen LogP contribution in [0.15, 0.2) is 0 Å². The van der Waals surface area contributed by atoms with E-state index in [-0.39, 0.29) is 11.9 Å². The number of piperazine rings is 1. The van der Waals surface area contributed by atoms with Gasteiger partial charge in [0.05, 0.1) is 6.04 Å². The SMILES string of the molecule is CC(=O)N1CCNCC1CN. The summed E-state index contributed by atoms with van der Waals surface area (Å²) in [4.78, 5) is 12.8. The molecular formula is C7H15N3O. The van der Waals surface area contributed by atoms with Crippen molar-refractivity contribution >= 4 is 5.91 Å². The Bertz CT molecular complexity index is 149. The van der Waals surface area contributed by atoms with Gasteiger partial charge in [0.1, 0.15) is 0 Å². The number of carbonyl (C=O) groups excluding carboxylic acids is 1. The van der Waals surface area contributed by atoms with E-state index in [0.29, 0.717) is 6.54 Å². The highest BCUT2D eigenvalue weighted by molar-refractivity contribution is 5.73. The van der Waals surface area contributed by atoms with Crippen LogP contribution >= 0.6 is 0 Å². The van der Waals surface area contributed by atoms with Crippen LogP contribution in [0.3, 0.4) is 0 Å². The summed E-state index contributed by atoms with van der Waals surface area (Å²) in [5.74, 6) is 0.127. The molecule has 64 valence electrons. The molecule has 1 fully saturated rings. The highest BCUT2D eigenvalue weighted by Crippen LogP contribution is 2.01. The van der Waals surface area contributed by atoms with E-state index < -0.39 is 0 Å². The van der Waals surface area contributed by atoms with Crippen molar-refractivity contribution in [3.8, 4) is 0 Å². The molecular weight excluding hydrogens is 142 g/mol. The molecule has 0 aromatic carbocycles. The van der Waals surface area contributed by atoms with Crippen molar-refractivity contribution in [1.82, 2.24) is 10.2 Å². The summed E-state index contributed by atoms with van der Waals surface area (Å²) in [6.07, 6.45) is 0. The van der Waals surface area contributed by atoms with Gasteiger partial charge in [-0.3, -0.25) is 4.79 Å². The minimum atomic E-state index is 0.127. The van der Waals surface area contributed by atoms with E-state index in [1.807, 2.05) is 4.90 Å². The fraction of sp³-hybridized carbons (Fsp3) is 0.857. The van der Waals surface area contributed by atoms with Crippen LogP contribution in [0.25, 0.3) is 0 Å². The van der Waals surface area contributed by atoms with Crippen molar-refractivity contribution in [1.29, 1.82) is 0 Å². The average Bonchev–Trinajstić information content (AvgIpc) is 2.04. The van der Waals surface area contributed by atoms with Crippen LogP contribution in [-0.2, 0) is 4.79 Å². The van der Waals surface area contributed by atoms with Gasteiger partial charge < -0.3 is 16.0 Å². The summed E-state index contributed by atoms with van der Waals surface area (Å²) < 4.78 is 0. The maximum atomic E-state index is 11.0. The van der Waals surface area contributed by atoms with E-state index in [0.717, 1.165) is 19.6 Å². The third kappa shape index (κ3) is 1.91. The molecule has 1 saturated heterocycles. The van der Waals surface area contributed by atoms with Crippen molar-refractivity contribution in [2.24, 2.45) is 5.73 Å². The van der Waals surface area contributed by atoms with E-state index in [9.17, 15) is 4.79 Å². The number of rotatable bonds is 1. The third-order valence-electron chi connectivity index (χ3n) is 2.03. The maximum Gasteiger partial charge on any atom is 0.219 e. The number of nitrogens with zero attached hydrogens (tertiary/aromatic N) is 1. The highest BCUT2D eigenvalue weighted by atomic mass is 16.2. The minimum Gasteiger partial charge on any atom is -0.336 e. The molecule has 0 saturated carbocycles. The second-order valence-corrected chi connectivity index (χ2v) is 2.81. The fourth-order valence-electron chi connectivity index (χ4n) is 1.39. The van der Waals surface area contributed by atoms with Crippen LogP contribution in [0.4, 0.5) is 0 Å². The second-order valence-electron chi connectivity index (χ2n) is 2.81. The van der Waals surface area contributed by atoms with Gasteiger partial charge in [0.25, 0.3) is 0 Å². The zero-order chi connectivity index (χ0) is 8.27. The number of hydrogen-bond donors (Lipinski definition) is 2. The lowest BCUT2D eigenvalue weighted by Crippen LogP contribution is -2.55. The first-order valence-electron chi connectivity index (χ1n) is 3.93. The molecule has 1 heterocycles. The van der Waals surface area contributed by atoms with Crippen LogP contribution in [0.1, 0.15) is 6.92 Å². The lowest BCUT2D eigenvalue weighted by atomic mass is 10.2. The molecule has 0 bridgehead atoms. The van der Waals surface area contributed by atoms with Gasteiger partial charge in [0.2, 0.25) is 5.91 Å². The van der Waals surface area contributed by atoms with Gasteiger partial charge in [0, 0.05) is 33.1 Å². The van der Waals surface area contributed by atoms with Crippen LogP contribution < -0.4 is 11.1 Å². The monoisotopic (exact) mass is 157 g/mol. The lowest BCUT2D eigenvalue weighted by molar-refractivity contribution is -0.131. The van der Waals surface area contributed by atoms with Crippen molar-refractivity contribution < 1.29 is 4.79 Å². The largest absolute Gasteiger partial charge is 0.336 e. The van der Waals surface area contributed by atoms with Gasteiger partial charge >= 0.3 is 0 Å². The van der Waals surface area contributed by atoms with Gasteiger partial charge in [-0.05, 0) is 0 Å². The van der Waals surface area contributed by atoms with Gasteiger partial charge in [-0.15, -0.1) is 0 Å². The Balaban J connectivity index is 2.51. The smallest absolute Gasteiger partial charge is 0.219 e. The maximum absolute atomic E-state index is 11.0. The molecule has 1 aliphatic heterocycles. The number of nitrogens with two attached hydrogens (primary N) is 1. The van der Waals surface area contributed by atoms with Gasteiger partial charge in [-0.2, -0.15) is 0 Å². The summed E-state index contributed by atoms with van der Waals surface area (Å²) in [5.41, 5.74) is 5.50. The predicted octanol–water partition coefficient (Wildman–Crippen LogP) is -1.23. The van der Waals surface area contributed by atoms with Crippen molar-refractivity contribution in [2.75, 3.05) is 26.2 Å². The van der Waals surface area contributed by atoms with E-state index in [2.05, 4.69) is 5.32 Å². The van der Waals surface area contributed by atoms with E-state index >= 15 is 0 Å². The first-order chi connectivity index (χ1) is 5.25. The lowest BCUT2D eigenvalue weighted by Gasteiger charge is -2.34.